The predicted molar refractivity (Wildman–Crippen MR) is 140 cm³/mol. The molecule has 0 radical (unpaired) electrons. The second-order valence-electron chi connectivity index (χ2n) is 8.01. The Balaban J connectivity index is 1.78. The minimum atomic E-state index is -0.0455. The Morgan fingerprint density at radius 3 is 2.21 bits per heavy atom. The number of aromatic nitrogens is 1. The van der Waals surface area contributed by atoms with Crippen LogP contribution < -0.4 is 4.90 Å². The van der Waals surface area contributed by atoms with Crippen LogP contribution in [0, 0.1) is 0 Å². The third-order valence-electron chi connectivity index (χ3n) is 5.79. The minimum absolute atomic E-state index is 0.0455. The quantitative estimate of drug-likeness (QED) is 0.245. The number of hydrogen-bond donors (Lipinski definition) is 0. The van der Waals surface area contributed by atoms with Crippen LogP contribution in [0.2, 0.25) is 0 Å². The van der Waals surface area contributed by atoms with E-state index in [1.807, 2.05) is 89.8 Å². The highest BCUT2D eigenvalue weighted by Crippen LogP contribution is 2.33. The number of carbonyl (C=O) groups is 1. The molecule has 1 heterocycles. The van der Waals surface area contributed by atoms with Crippen molar-refractivity contribution < 1.29 is 9.32 Å². The monoisotopic (exact) mass is 517 g/mol. The van der Waals surface area contributed by atoms with E-state index in [1.54, 1.807) is 0 Å². The zero-order valence-corrected chi connectivity index (χ0v) is 21.0. The molecule has 0 aliphatic rings. The van der Waals surface area contributed by atoms with Gasteiger partial charge in [-0.3, -0.25) is 4.79 Å². The number of carbonyl (C=O) groups excluding carboxylic acids is 1. The molecule has 0 spiro atoms. The van der Waals surface area contributed by atoms with Crippen LogP contribution in [0.4, 0.5) is 5.88 Å². The van der Waals surface area contributed by atoms with E-state index in [-0.39, 0.29) is 5.91 Å². The summed E-state index contributed by atoms with van der Waals surface area (Å²) in [6.07, 6.45) is 0. The molecule has 0 saturated heterocycles. The van der Waals surface area contributed by atoms with E-state index >= 15 is 0 Å². The first kappa shape index (κ1) is 23.8. The number of halogens is 1. The van der Waals surface area contributed by atoms with Gasteiger partial charge in [0.1, 0.15) is 5.69 Å². The Hall–Kier alpha value is -3.38. The molecule has 6 heteroatoms. The summed E-state index contributed by atoms with van der Waals surface area (Å²) in [7, 11) is 0. The molecule has 0 bridgehead atoms. The molecule has 174 valence electrons. The molecular weight excluding hydrogens is 490 g/mol. The van der Waals surface area contributed by atoms with Crippen molar-refractivity contribution in [3.8, 4) is 11.3 Å². The van der Waals surface area contributed by atoms with Gasteiger partial charge >= 0.3 is 0 Å². The smallest absolute Gasteiger partial charge is 0.254 e. The van der Waals surface area contributed by atoms with Gasteiger partial charge in [-0.25, -0.2) is 0 Å². The number of rotatable bonds is 9. The van der Waals surface area contributed by atoms with E-state index in [4.69, 9.17) is 4.52 Å². The molecule has 0 saturated carbocycles. The molecule has 34 heavy (non-hydrogen) atoms. The molecule has 3 aromatic carbocycles. The molecule has 4 aromatic rings. The molecule has 0 aliphatic heterocycles. The number of amides is 1. The summed E-state index contributed by atoms with van der Waals surface area (Å²) in [4.78, 5) is 17.7. The minimum Gasteiger partial charge on any atom is -0.341 e. The zero-order chi connectivity index (χ0) is 23.9. The van der Waals surface area contributed by atoms with Gasteiger partial charge in [-0.15, -0.1) is 0 Å². The average Bonchev–Trinajstić information content (AvgIpc) is 3.28. The van der Waals surface area contributed by atoms with Gasteiger partial charge in [-0.1, -0.05) is 87.8 Å². The molecule has 0 atom stereocenters. The largest absolute Gasteiger partial charge is 0.341 e. The van der Waals surface area contributed by atoms with E-state index in [2.05, 4.69) is 39.8 Å². The lowest BCUT2D eigenvalue weighted by molar-refractivity contribution is 0.0730. The lowest BCUT2D eigenvalue weighted by Crippen LogP contribution is -2.31. The Kier molecular flexibility index (Phi) is 7.80. The first-order valence-electron chi connectivity index (χ1n) is 11.5. The summed E-state index contributed by atoms with van der Waals surface area (Å²) in [6.45, 7) is 6.60. The van der Waals surface area contributed by atoms with Gasteiger partial charge in [0, 0.05) is 35.2 Å². The normalized spacial score (nSPS) is 10.8. The van der Waals surface area contributed by atoms with Crippen molar-refractivity contribution >= 4 is 27.7 Å². The van der Waals surface area contributed by atoms with E-state index < -0.39 is 0 Å². The van der Waals surface area contributed by atoms with Crippen molar-refractivity contribution in [1.82, 2.24) is 10.1 Å². The van der Waals surface area contributed by atoms with Gasteiger partial charge in [0.25, 0.3) is 5.91 Å². The van der Waals surface area contributed by atoms with Crippen molar-refractivity contribution in [2.45, 2.75) is 26.9 Å². The Morgan fingerprint density at radius 2 is 1.56 bits per heavy atom. The van der Waals surface area contributed by atoms with E-state index in [1.165, 1.54) is 0 Å². The second-order valence-corrected chi connectivity index (χ2v) is 8.93. The molecule has 0 unspecified atom stereocenters. The SMILES string of the molecule is CCN(CC)c1onc(-c2ccccc2)c1CN(Cc1ccccc1)C(=O)c1cccc(Br)c1. The van der Waals surface area contributed by atoms with Crippen LogP contribution in [-0.4, -0.2) is 29.1 Å². The van der Waals surface area contributed by atoms with Gasteiger partial charge in [0.15, 0.2) is 0 Å². The summed E-state index contributed by atoms with van der Waals surface area (Å²) in [5, 5.41) is 4.45. The fourth-order valence-electron chi connectivity index (χ4n) is 4.02. The molecule has 1 aromatic heterocycles. The molecule has 5 nitrogen and oxygen atoms in total. The van der Waals surface area contributed by atoms with Crippen LogP contribution in [0.1, 0.15) is 35.3 Å². The maximum atomic E-state index is 13.7. The summed E-state index contributed by atoms with van der Waals surface area (Å²) < 4.78 is 6.75. The maximum Gasteiger partial charge on any atom is 0.254 e. The fraction of sp³-hybridized carbons (Fsp3) is 0.214. The average molecular weight is 518 g/mol. The highest BCUT2D eigenvalue weighted by atomic mass is 79.9. The van der Waals surface area contributed by atoms with E-state index in [0.29, 0.717) is 24.5 Å². The molecular formula is C28H28BrN3O2. The Labute approximate surface area is 209 Å². The Bertz CT molecular complexity index is 1220. The summed E-state index contributed by atoms with van der Waals surface area (Å²) in [5.74, 6) is 0.666. The van der Waals surface area contributed by atoms with E-state index in [0.717, 1.165) is 39.9 Å². The fourth-order valence-corrected chi connectivity index (χ4v) is 4.42. The van der Waals surface area contributed by atoms with Gasteiger partial charge in [0.2, 0.25) is 5.88 Å². The number of anilines is 1. The van der Waals surface area contributed by atoms with Crippen LogP contribution >= 0.6 is 15.9 Å². The van der Waals surface area contributed by atoms with Crippen molar-refractivity contribution in [2.24, 2.45) is 0 Å². The zero-order valence-electron chi connectivity index (χ0n) is 19.4. The first-order chi connectivity index (χ1) is 16.6. The van der Waals surface area contributed by atoms with Crippen LogP contribution in [0.25, 0.3) is 11.3 Å². The van der Waals surface area contributed by atoms with Crippen molar-refractivity contribution in [1.29, 1.82) is 0 Å². The van der Waals surface area contributed by atoms with Crippen LogP contribution in [-0.2, 0) is 13.1 Å². The molecule has 0 fully saturated rings. The van der Waals surface area contributed by atoms with Crippen molar-refractivity contribution in [2.75, 3.05) is 18.0 Å². The third kappa shape index (κ3) is 5.39. The Morgan fingerprint density at radius 1 is 0.882 bits per heavy atom. The topological polar surface area (TPSA) is 49.6 Å². The second kappa shape index (κ2) is 11.2. The summed E-state index contributed by atoms with van der Waals surface area (Å²) in [5.41, 5.74) is 4.34. The van der Waals surface area contributed by atoms with Gasteiger partial charge in [-0.05, 0) is 37.6 Å². The lowest BCUT2D eigenvalue weighted by atomic mass is 10.1. The summed E-state index contributed by atoms with van der Waals surface area (Å²) >= 11 is 3.50. The maximum absolute atomic E-state index is 13.7. The van der Waals surface area contributed by atoms with E-state index in [9.17, 15) is 4.79 Å². The number of benzene rings is 3. The molecule has 0 aliphatic carbocycles. The molecule has 4 rings (SSSR count). The standard InChI is InChI=1S/C28H28BrN3O2/c1-3-31(4-2)28-25(26(30-34-28)22-14-9-6-10-15-22)20-32(19-21-12-7-5-8-13-21)27(33)23-16-11-17-24(29)18-23/h5-18H,3-4,19-20H2,1-2H3. The lowest BCUT2D eigenvalue weighted by Gasteiger charge is -2.25. The predicted octanol–water partition coefficient (Wildman–Crippen LogP) is 6.79. The van der Waals surface area contributed by atoms with Gasteiger partial charge in [-0.2, -0.15) is 0 Å². The number of hydrogen-bond acceptors (Lipinski definition) is 4. The number of nitrogens with zero attached hydrogens (tertiary/aromatic N) is 3. The van der Waals surface area contributed by atoms with Crippen molar-refractivity contribution in [3.05, 3.63) is 106 Å². The van der Waals surface area contributed by atoms with Crippen LogP contribution in [0.5, 0.6) is 0 Å². The first-order valence-corrected chi connectivity index (χ1v) is 12.3. The van der Waals surface area contributed by atoms with Crippen LogP contribution in [0.15, 0.2) is 93.9 Å². The summed E-state index contributed by atoms with van der Waals surface area (Å²) in [6, 6.07) is 27.5. The highest BCUT2D eigenvalue weighted by Gasteiger charge is 2.26. The van der Waals surface area contributed by atoms with Gasteiger partial charge < -0.3 is 14.3 Å². The molecule has 0 N–H and O–H groups in total. The van der Waals surface area contributed by atoms with Crippen molar-refractivity contribution in [3.63, 3.8) is 0 Å². The highest BCUT2D eigenvalue weighted by molar-refractivity contribution is 9.10. The third-order valence-corrected chi connectivity index (χ3v) is 6.28. The van der Waals surface area contributed by atoms with Crippen LogP contribution in [0.3, 0.4) is 0 Å². The van der Waals surface area contributed by atoms with Gasteiger partial charge in [0.05, 0.1) is 12.1 Å². The molecule has 1 amide bonds.